The molecule has 2 N–H and O–H groups in total. The first-order valence-electron chi connectivity index (χ1n) is 10.00. The topological polar surface area (TPSA) is 125 Å². The molecule has 0 saturated carbocycles. The Bertz CT molecular complexity index is 1150. The number of ether oxygens (including phenoxy) is 1. The summed E-state index contributed by atoms with van der Waals surface area (Å²) < 4.78 is 30.9. The molecule has 32 heavy (non-hydrogen) atoms. The van der Waals surface area contributed by atoms with Crippen LogP contribution in [-0.4, -0.2) is 49.5 Å². The Morgan fingerprint density at radius 3 is 2.62 bits per heavy atom. The monoisotopic (exact) mass is 459 g/mol. The van der Waals surface area contributed by atoms with Crippen molar-refractivity contribution in [2.45, 2.75) is 31.7 Å². The number of hydrogen-bond donors (Lipinski definition) is 2. The smallest absolute Gasteiger partial charge is 0.303 e. The van der Waals surface area contributed by atoms with Crippen LogP contribution < -0.4 is 9.46 Å². The summed E-state index contributed by atoms with van der Waals surface area (Å²) in [6.07, 6.45) is 1.66. The number of hydrogen-bond acceptors (Lipinski definition) is 6. The number of nitrogens with one attached hydrogen (secondary N) is 1. The molecule has 0 fully saturated rings. The Balaban J connectivity index is 1.91. The summed E-state index contributed by atoms with van der Waals surface area (Å²) in [5, 5.41) is 14.8. The maximum atomic E-state index is 12.9. The van der Waals surface area contributed by atoms with Gasteiger partial charge in [0, 0.05) is 24.9 Å². The van der Waals surface area contributed by atoms with Crippen molar-refractivity contribution < 1.29 is 27.9 Å². The molecule has 170 valence electrons. The van der Waals surface area contributed by atoms with Gasteiger partial charge in [-0.1, -0.05) is 24.3 Å². The molecule has 3 rings (SSSR count). The Morgan fingerprint density at radius 1 is 1.19 bits per heavy atom. The summed E-state index contributed by atoms with van der Waals surface area (Å²) in [6, 6.07) is 13.8. The number of methoxy groups -OCH3 is 1. The highest BCUT2D eigenvalue weighted by Crippen LogP contribution is 2.35. The fraction of sp³-hybridized carbons (Fsp3) is 0.318. The maximum Gasteiger partial charge on any atom is 0.303 e. The van der Waals surface area contributed by atoms with Gasteiger partial charge in [0.25, 0.3) is 0 Å². The molecule has 1 unspecified atom stereocenters. The fourth-order valence-electron chi connectivity index (χ4n) is 3.50. The number of amides is 1. The molecule has 0 aromatic heterocycles. The van der Waals surface area contributed by atoms with Crippen LogP contribution in [0.5, 0.6) is 5.75 Å². The average Bonchev–Trinajstić information content (AvgIpc) is 3.18. The number of aliphatic carboxylic acids is 1. The number of carboxylic acid groups (broad SMARTS) is 1. The minimum atomic E-state index is -3.44. The van der Waals surface area contributed by atoms with Crippen LogP contribution in [0.25, 0.3) is 0 Å². The molecule has 2 aromatic carbocycles. The van der Waals surface area contributed by atoms with Gasteiger partial charge in [0.15, 0.2) is 0 Å². The molecule has 0 radical (unpaired) electrons. The molecule has 1 heterocycles. The first-order chi connectivity index (χ1) is 15.2. The van der Waals surface area contributed by atoms with Gasteiger partial charge >= 0.3 is 5.97 Å². The number of nitrogens with zero attached hydrogens (tertiary/aromatic N) is 2. The quantitative estimate of drug-likeness (QED) is 0.594. The van der Waals surface area contributed by atoms with Gasteiger partial charge in [0.2, 0.25) is 15.9 Å². The number of rotatable bonds is 9. The van der Waals surface area contributed by atoms with E-state index in [0.717, 1.165) is 11.8 Å². The minimum absolute atomic E-state index is 0.0548. The summed E-state index contributed by atoms with van der Waals surface area (Å²) in [4.78, 5) is 23.7. The number of carbonyl (C=O) groups is 2. The molecule has 2 aromatic rings. The van der Waals surface area contributed by atoms with Crippen LogP contribution in [0.4, 0.5) is 5.69 Å². The van der Waals surface area contributed by atoms with Crippen molar-refractivity contribution in [3.05, 3.63) is 59.7 Å². The number of benzene rings is 2. The molecule has 1 aliphatic heterocycles. The van der Waals surface area contributed by atoms with Crippen molar-refractivity contribution in [2.24, 2.45) is 5.10 Å². The van der Waals surface area contributed by atoms with Gasteiger partial charge in [-0.05, 0) is 41.8 Å². The second-order valence-electron chi connectivity index (χ2n) is 7.48. The predicted octanol–water partition coefficient (Wildman–Crippen LogP) is 3.00. The lowest BCUT2D eigenvalue weighted by Crippen LogP contribution is -2.27. The molecular formula is C22H25N3O6S. The van der Waals surface area contributed by atoms with Gasteiger partial charge < -0.3 is 9.84 Å². The fourth-order valence-corrected chi connectivity index (χ4v) is 4.06. The Hall–Kier alpha value is -3.40. The highest BCUT2D eigenvalue weighted by molar-refractivity contribution is 7.92. The summed E-state index contributed by atoms with van der Waals surface area (Å²) in [7, 11) is -1.88. The standard InChI is InChI=1S/C22H25N3O6S/c1-31-18-9-4-7-16(13-18)20-14-19(23-25(20)21(26)10-5-11-22(27)28)15-6-3-8-17(12-15)24-32(2,29)30/h3-4,6-9,12-13,20,24H,5,10-11,14H2,1-2H3,(H,27,28). The van der Waals surface area contributed by atoms with Gasteiger partial charge in [0.05, 0.1) is 25.1 Å². The van der Waals surface area contributed by atoms with E-state index in [1.807, 2.05) is 18.2 Å². The lowest BCUT2D eigenvalue weighted by Gasteiger charge is -2.22. The Labute approximate surface area is 186 Å². The Morgan fingerprint density at radius 2 is 1.94 bits per heavy atom. The summed E-state index contributed by atoms with van der Waals surface area (Å²) in [5.74, 6) is -0.587. The molecule has 1 atom stereocenters. The van der Waals surface area contributed by atoms with Crippen LogP contribution >= 0.6 is 0 Å². The first-order valence-corrected chi connectivity index (χ1v) is 11.9. The van der Waals surface area contributed by atoms with E-state index in [1.165, 1.54) is 5.01 Å². The van der Waals surface area contributed by atoms with E-state index in [9.17, 15) is 18.0 Å². The number of hydrazone groups is 1. The van der Waals surface area contributed by atoms with E-state index in [0.29, 0.717) is 29.1 Å². The number of carbonyl (C=O) groups excluding carboxylic acids is 1. The molecule has 0 saturated heterocycles. The summed E-state index contributed by atoms with van der Waals surface area (Å²) in [5.41, 5.74) is 2.55. The lowest BCUT2D eigenvalue weighted by molar-refractivity contribution is -0.137. The molecule has 1 amide bonds. The van der Waals surface area contributed by atoms with Crippen LogP contribution in [0.1, 0.15) is 42.9 Å². The van der Waals surface area contributed by atoms with Crippen LogP contribution in [-0.2, 0) is 19.6 Å². The molecular weight excluding hydrogens is 434 g/mol. The SMILES string of the molecule is COc1cccc(C2CC(c3cccc(NS(C)(=O)=O)c3)=NN2C(=O)CCCC(=O)O)c1. The second kappa shape index (κ2) is 9.82. The third-order valence-electron chi connectivity index (χ3n) is 4.92. The van der Waals surface area contributed by atoms with Crippen molar-refractivity contribution in [1.82, 2.24) is 5.01 Å². The van der Waals surface area contributed by atoms with E-state index in [4.69, 9.17) is 9.84 Å². The zero-order chi connectivity index (χ0) is 23.3. The van der Waals surface area contributed by atoms with Crippen LogP contribution in [0.3, 0.4) is 0 Å². The van der Waals surface area contributed by atoms with Crippen molar-refractivity contribution in [2.75, 3.05) is 18.1 Å². The van der Waals surface area contributed by atoms with Crippen molar-refractivity contribution in [3.63, 3.8) is 0 Å². The summed E-state index contributed by atoms with van der Waals surface area (Å²) >= 11 is 0. The number of carboxylic acids is 1. The number of anilines is 1. The van der Waals surface area contributed by atoms with Gasteiger partial charge in [-0.3, -0.25) is 14.3 Å². The predicted molar refractivity (Wildman–Crippen MR) is 120 cm³/mol. The lowest BCUT2D eigenvalue weighted by atomic mass is 9.98. The molecule has 9 nitrogen and oxygen atoms in total. The van der Waals surface area contributed by atoms with E-state index in [-0.39, 0.29) is 31.2 Å². The van der Waals surface area contributed by atoms with E-state index in [2.05, 4.69) is 9.82 Å². The average molecular weight is 460 g/mol. The van der Waals surface area contributed by atoms with Crippen LogP contribution in [0, 0.1) is 0 Å². The van der Waals surface area contributed by atoms with Crippen molar-refractivity contribution in [3.8, 4) is 5.75 Å². The second-order valence-corrected chi connectivity index (χ2v) is 9.23. The normalized spacial score (nSPS) is 15.9. The van der Waals surface area contributed by atoms with Gasteiger partial charge in [-0.15, -0.1) is 0 Å². The van der Waals surface area contributed by atoms with Crippen LogP contribution in [0.2, 0.25) is 0 Å². The molecule has 1 aliphatic rings. The van der Waals surface area contributed by atoms with Crippen LogP contribution in [0.15, 0.2) is 53.6 Å². The van der Waals surface area contributed by atoms with Gasteiger partial charge in [-0.2, -0.15) is 5.10 Å². The third-order valence-corrected chi connectivity index (χ3v) is 5.53. The van der Waals surface area contributed by atoms with Crippen molar-refractivity contribution >= 4 is 33.3 Å². The van der Waals surface area contributed by atoms with Gasteiger partial charge in [-0.25, -0.2) is 13.4 Å². The highest BCUT2D eigenvalue weighted by Gasteiger charge is 2.33. The minimum Gasteiger partial charge on any atom is -0.497 e. The summed E-state index contributed by atoms with van der Waals surface area (Å²) in [6.45, 7) is 0. The van der Waals surface area contributed by atoms with E-state index in [1.54, 1.807) is 37.4 Å². The van der Waals surface area contributed by atoms with Gasteiger partial charge in [0.1, 0.15) is 5.75 Å². The molecule has 0 spiro atoms. The molecule has 10 heteroatoms. The van der Waals surface area contributed by atoms with Crippen molar-refractivity contribution in [1.29, 1.82) is 0 Å². The Kier molecular flexibility index (Phi) is 7.14. The highest BCUT2D eigenvalue weighted by atomic mass is 32.2. The van der Waals surface area contributed by atoms with E-state index >= 15 is 0 Å². The first kappa shape index (κ1) is 23.3. The number of sulfonamides is 1. The maximum absolute atomic E-state index is 12.9. The third kappa shape index (κ3) is 6.07. The zero-order valence-electron chi connectivity index (χ0n) is 17.8. The molecule has 0 bridgehead atoms. The van der Waals surface area contributed by atoms with E-state index < -0.39 is 16.0 Å². The largest absolute Gasteiger partial charge is 0.497 e. The zero-order valence-corrected chi connectivity index (χ0v) is 18.6. The molecule has 0 aliphatic carbocycles.